The van der Waals surface area contributed by atoms with Crippen LogP contribution in [-0.2, 0) is 4.74 Å². The quantitative estimate of drug-likeness (QED) is 0.942. The van der Waals surface area contributed by atoms with Gasteiger partial charge in [0, 0.05) is 25.2 Å². The maximum Gasteiger partial charge on any atom is 0.124 e. The van der Waals surface area contributed by atoms with Crippen LogP contribution in [0, 0.1) is 0 Å². The Morgan fingerprint density at radius 2 is 1.87 bits per heavy atom. The topological polar surface area (TPSA) is 47.7 Å². The second-order valence-corrected chi connectivity index (χ2v) is 6.37. The molecule has 23 heavy (non-hydrogen) atoms. The number of nitrogens with two attached hydrogens (primary N) is 1. The molecule has 0 radical (unpaired) electrons. The van der Waals surface area contributed by atoms with E-state index in [1.807, 2.05) is 6.07 Å². The Labute approximate surface area is 138 Å². The molecule has 2 N–H and O–H groups in total. The van der Waals surface area contributed by atoms with Crippen LogP contribution < -0.4 is 10.5 Å². The van der Waals surface area contributed by atoms with Gasteiger partial charge in [0.25, 0.3) is 0 Å². The van der Waals surface area contributed by atoms with Crippen molar-refractivity contribution in [3.8, 4) is 5.75 Å². The Morgan fingerprint density at radius 1 is 1.17 bits per heavy atom. The average molecular weight is 314 g/mol. The van der Waals surface area contributed by atoms with E-state index in [9.17, 15) is 0 Å². The number of benzene rings is 2. The fourth-order valence-corrected chi connectivity index (χ4v) is 3.72. The van der Waals surface area contributed by atoms with Crippen molar-refractivity contribution in [3.05, 3.63) is 42.0 Å². The minimum Gasteiger partial charge on any atom is -0.496 e. The summed E-state index contributed by atoms with van der Waals surface area (Å²) < 4.78 is 11.5. The lowest BCUT2D eigenvalue weighted by Crippen LogP contribution is -2.48. The molecule has 0 bridgehead atoms. The third-order valence-electron chi connectivity index (χ3n) is 4.60. The minimum atomic E-state index is 0.129. The molecular weight excluding hydrogens is 288 g/mol. The molecule has 2 aromatic rings. The van der Waals surface area contributed by atoms with Gasteiger partial charge in [-0.2, -0.15) is 0 Å². The van der Waals surface area contributed by atoms with E-state index >= 15 is 0 Å². The molecule has 3 rings (SSSR count). The third kappa shape index (κ3) is 3.20. The zero-order valence-corrected chi connectivity index (χ0v) is 14.2. The van der Waals surface area contributed by atoms with E-state index in [4.69, 9.17) is 15.2 Å². The van der Waals surface area contributed by atoms with Gasteiger partial charge >= 0.3 is 0 Å². The van der Waals surface area contributed by atoms with Crippen molar-refractivity contribution in [2.75, 3.05) is 26.7 Å². The molecule has 1 fully saturated rings. The second-order valence-electron chi connectivity index (χ2n) is 6.37. The Kier molecular flexibility index (Phi) is 4.85. The number of ether oxygens (including phenoxy) is 2. The lowest BCUT2D eigenvalue weighted by molar-refractivity contribution is -0.0799. The van der Waals surface area contributed by atoms with Gasteiger partial charge in [-0.3, -0.25) is 4.90 Å². The summed E-state index contributed by atoms with van der Waals surface area (Å²) in [4.78, 5) is 2.43. The van der Waals surface area contributed by atoms with Crippen LogP contribution in [0.4, 0.5) is 0 Å². The first-order valence-corrected chi connectivity index (χ1v) is 8.29. The van der Waals surface area contributed by atoms with Gasteiger partial charge in [0.1, 0.15) is 5.75 Å². The molecule has 0 aromatic heterocycles. The second kappa shape index (κ2) is 6.87. The van der Waals surface area contributed by atoms with Crippen LogP contribution in [0.5, 0.6) is 5.75 Å². The van der Waals surface area contributed by atoms with Crippen molar-refractivity contribution < 1.29 is 9.47 Å². The van der Waals surface area contributed by atoms with Gasteiger partial charge < -0.3 is 15.2 Å². The summed E-state index contributed by atoms with van der Waals surface area (Å²) in [6.07, 6.45) is 0.433. The van der Waals surface area contributed by atoms with Gasteiger partial charge in [-0.15, -0.1) is 0 Å². The van der Waals surface area contributed by atoms with Crippen LogP contribution in [0.15, 0.2) is 36.4 Å². The molecule has 1 heterocycles. The molecule has 124 valence electrons. The minimum absolute atomic E-state index is 0.129. The fraction of sp³-hybridized carbons (Fsp3) is 0.474. The number of hydrogen-bond acceptors (Lipinski definition) is 4. The van der Waals surface area contributed by atoms with E-state index in [1.54, 1.807) is 7.11 Å². The Hall–Kier alpha value is -1.62. The summed E-state index contributed by atoms with van der Waals surface area (Å²) in [5, 5.41) is 2.44. The summed E-state index contributed by atoms with van der Waals surface area (Å²) in [5.74, 6) is 0.908. The smallest absolute Gasteiger partial charge is 0.124 e. The van der Waals surface area contributed by atoms with Crippen LogP contribution >= 0.6 is 0 Å². The predicted molar refractivity (Wildman–Crippen MR) is 93.9 cm³/mol. The number of nitrogens with zero attached hydrogens (tertiary/aromatic N) is 1. The SMILES string of the molecule is COc1ccc2ccccc2c1[C@@H](CN)N1C[C@H](C)O[C@@H](C)C1. The highest BCUT2D eigenvalue weighted by atomic mass is 16.5. The summed E-state index contributed by atoms with van der Waals surface area (Å²) in [5.41, 5.74) is 7.39. The zero-order chi connectivity index (χ0) is 16.4. The van der Waals surface area contributed by atoms with Crippen LogP contribution in [0.2, 0.25) is 0 Å². The summed E-state index contributed by atoms with van der Waals surface area (Å²) in [6, 6.07) is 12.7. The Bertz CT molecular complexity index is 663. The number of fused-ring (bicyclic) bond motifs is 1. The number of rotatable bonds is 4. The van der Waals surface area contributed by atoms with Gasteiger partial charge in [-0.1, -0.05) is 30.3 Å². The zero-order valence-electron chi connectivity index (χ0n) is 14.2. The van der Waals surface area contributed by atoms with Crippen LogP contribution in [-0.4, -0.2) is 43.9 Å². The lowest BCUT2D eigenvalue weighted by Gasteiger charge is -2.40. The monoisotopic (exact) mass is 314 g/mol. The van der Waals surface area contributed by atoms with Gasteiger partial charge in [-0.25, -0.2) is 0 Å². The van der Waals surface area contributed by atoms with Crippen molar-refractivity contribution in [2.45, 2.75) is 32.1 Å². The maximum absolute atomic E-state index is 6.20. The molecule has 2 aromatic carbocycles. The van der Waals surface area contributed by atoms with E-state index in [1.165, 1.54) is 16.3 Å². The predicted octanol–water partition coefficient (Wildman–Crippen LogP) is 2.96. The largest absolute Gasteiger partial charge is 0.496 e. The van der Waals surface area contributed by atoms with Crippen molar-refractivity contribution >= 4 is 10.8 Å². The molecule has 0 saturated carbocycles. The van der Waals surface area contributed by atoms with Crippen LogP contribution in [0.1, 0.15) is 25.5 Å². The lowest BCUT2D eigenvalue weighted by atomic mass is 9.95. The van der Waals surface area contributed by atoms with Crippen LogP contribution in [0.25, 0.3) is 10.8 Å². The number of hydrogen-bond donors (Lipinski definition) is 1. The number of morpholine rings is 1. The molecule has 1 saturated heterocycles. The highest BCUT2D eigenvalue weighted by molar-refractivity contribution is 5.88. The highest BCUT2D eigenvalue weighted by Crippen LogP contribution is 2.36. The van der Waals surface area contributed by atoms with E-state index in [0.717, 1.165) is 18.8 Å². The first-order chi connectivity index (χ1) is 11.1. The molecule has 4 nitrogen and oxygen atoms in total. The van der Waals surface area contributed by atoms with Gasteiger partial charge in [0.15, 0.2) is 0 Å². The first kappa shape index (κ1) is 16.2. The molecular formula is C19H26N2O2. The third-order valence-corrected chi connectivity index (χ3v) is 4.60. The van der Waals surface area contributed by atoms with Crippen molar-refractivity contribution in [1.29, 1.82) is 0 Å². The Morgan fingerprint density at radius 3 is 2.52 bits per heavy atom. The molecule has 1 aliphatic rings. The van der Waals surface area contributed by atoms with Gasteiger partial charge in [0.05, 0.1) is 25.4 Å². The summed E-state index contributed by atoms with van der Waals surface area (Å²) in [6.45, 7) is 6.58. The van der Waals surface area contributed by atoms with Crippen molar-refractivity contribution in [1.82, 2.24) is 4.90 Å². The van der Waals surface area contributed by atoms with Crippen molar-refractivity contribution in [3.63, 3.8) is 0 Å². The molecule has 3 atom stereocenters. The van der Waals surface area contributed by atoms with E-state index in [2.05, 4.69) is 49.1 Å². The number of methoxy groups -OCH3 is 1. The molecule has 1 aliphatic heterocycles. The molecule has 0 unspecified atom stereocenters. The van der Waals surface area contributed by atoms with E-state index in [-0.39, 0.29) is 18.2 Å². The average Bonchev–Trinajstić information content (AvgIpc) is 2.55. The summed E-state index contributed by atoms with van der Waals surface area (Å²) >= 11 is 0. The van der Waals surface area contributed by atoms with Gasteiger partial charge in [-0.05, 0) is 30.7 Å². The molecule has 0 spiro atoms. The van der Waals surface area contributed by atoms with Crippen molar-refractivity contribution in [2.24, 2.45) is 5.73 Å². The van der Waals surface area contributed by atoms with Crippen LogP contribution in [0.3, 0.4) is 0 Å². The normalized spacial score (nSPS) is 23.8. The summed E-state index contributed by atoms with van der Waals surface area (Å²) in [7, 11) is 1.73. The molecule has 0 aliphatic carbocycles. The maximum atomic E-state index is 6.20. The molecule has 0 amide bonds. The first-order valence-electron chi connectivity index (χ1n) is 8.29. The van der Waals surface area contributed by atoms with E-state index < -0.39 is 0 Å². The Balaban J connectivity index is 2.08. The fourth-order valence-electron chi connectivity index (χ4n) is 3.72. The highest BCUT2D eigenvalue weighted by Gasteiger charge is 2.30. The van der Waals surface area contributed by atoms with E-state index in [0.29, 0.717) is 6.54 Å². The molecule has 4 heteroatoms. The standard InChI is InChI=1S/C19H26N2O2/c1-13-11-21(12-14(2)23-13)17(10-20)19-16-7-5-4-6-15(16)8-9-18(19)22-3/h4-9,13-14,17H,10-12,20H2,1-3H3/t13-,14-,17+/m0/s1. The van der Waals surface area contributed by atoms with Gasteiger partial charge in [0.2, 0.25) is 0 Å².